The molecule has 182 valence electrons. The van der Waals surface area contributed by atoms with E-state index in [1.165, 1.54) is 12.5 Å². The number of carbonyl (C=O) groups is 1. The first-order valence-corrected chi connectivity index (χ1v) is 11.8. The first-order chi connectivity index (χ1) is 14.7. The third-order valence-corrected chi connectivity index (χ3v) is 5.47. The van der Waals surface area contributed by atoms with E-state index >= 15 is 0 Å². The number of halogens is 2. The molecule has 0 aromatic carbocycles. The lowest BCUT2D eigenvalue weighted by Crippen LogP contribution is -2.24. The molecule has 1 aliphatic heterocycles. The summed E-state index contributed by atoms with van der Waals surface area (Å²) >= 11 is 0. The lowest BCUT2D eigenvalue weighted by Gasteiger charge is -2.22. The van der Waals surface area contributed by atoms with Gasteiger partial charge in [-0.2, -0.15) is 0 Å². The van der Waals surface area contributed by atoms with Crippen LogP contribution in [0, 0.1) is 11.8 Å². The third kappa shape index (κ3) is 15.2. The lowest BCUT2D eigenvalue weighted by molar-refractivity contribution is -0.151. The molecule has 6 heteroatoms. The summed E-state index contributed by atoms with van der Waals surface area (Å²) in [6.45, 7) is 11.5. The van der Waals surface area contributed by atoms with E-state index in [9.17, 15) is 13.6 Å². The maximum Gasteiger partial charge on any atom is 0.306 e. The van der Waals surface area contributed by atoms with Crippen molar-refractivity contribution in [3.63, 3.8) is 0 Å². The largest absolute Gasteiger partial charge is 0.462 e. The molecule has 0 radical (unpaired) electrons. The molecule has 4 unspecified atom stereocenters. The lowest BCUT2D eigenvalue weighted by atomic mass is 9.92. The highest BCUT2D eigenvalue weighted by atomic mass is 19.3. The Morgan fingerprint density at radius 1 is 1.35 bits per heavy atom. The molecule has 1 heterocycles. The molecule has 1 N–H and O–H groups in total. The van der Waals surface area contributed by atoms with E-state index in [-0.39, 0.29) is 24.9 Å². The quantitative estimate of drug-likeness (QED) is 0.265. The summed E-state index contributed by atoms with van der Waals surface area (Å²) in [4.78, 5) is 11.5. The number of unbranched alkanes of at least 4 members (excludes halogenated alkanes) is 1. The van der Waals surface area contributed by atoms with Crippen molar-refractivity contribution in [3.05, 3.63) is 24.8 Å². The molecule has 1 fully saturated rings. The number of alkyl halides is 2. The minimum Gasteiger partial charge on any atom is -0.462 e. The molecule has 0 saturated heterocycles. The number of esters is 1. The fraction of sp³-hybridized carbons (Fsp3) is 0.800. The van der Waals surface area contributed by atoms with E-state index < -0.39 is 12.2 Å². The fourth-order valence-corrected chi connectivity index (χ4v) is 3.71. The number of ether oxygens (including phenoxy) is 2. The summed E-state index contributed by atoms with van der Waals surface area (Å²) < 4.78 is 35.2. The van der Waals surface area contributed by atoms with Crippen molar-refractivity contribution in [1.82, 2.24) is 0 Å². The number of hydrogen-bond acceptors (Lipinski definition) is 4. The summed E-state index contributed by atoms with van der Waals surface area (Å²) in [5, 5.41) is 8.33. The molecule has 4 atom stereocenters. The maximum atomic E-state index is 12.5. The average Bonchev–Trinajstić information content (AvgIpc) is 3.04. The number of aliphatic hydroxyl groups excluding tert-OH is 1. The summed E-state index contributed by atoms with van der Waals surface area (Å²) in [5.41, 5.74) is 0. The normalized spacial score (nSPS) is 25.5. The zero-order valence-corrected chi connectivity index (χ0v) is 20.0. The maximum absolute atomic E-state index is 12.5. The van der Waals surface area contributed by atoms with E-state index in [2.05, 4.69) is 30.4 Å². The Kier molecular flexibility index (Phi) is 16.6. The van der Waals surface area contributed by atoms with Gasteiger partial charge >= 0.3 is 5.97 Å². The number of rotatable bonds is 7. The van der Waals surface area contributed by atoms with E-state index in [0.717, 1.165) is 32.1 Å². The van der Waals surface area contributed by atoms with E-state index in [1.54, 1.807) is 6.92 Å². The Balaban J connectivity index is 0.000000489. The summed E-state index contributed by atoms with van der Waals surface area (Å²) in [7, 11) is 0. The van der Waals surface area contributed by atoms with Gasteiger partial charge in [-0.15, -0.1) is 6.58 Å². The predicted octanol–water partition coefficient (Wildman–Crippen LogP) is 6.82. The SMILES string of the molecule is C=CCC(F)(F)CCCC.CC1CCC2OC(=O)CCC/C=C\CC12.CCOC(C)O. The van der Waals surface area contributed by atoms with Crippen molar-refractivity contribution in [1.29, 1.82) is 0 Å². The molecule has 1 saturated carbocycles. The monoisotopic (exact) mass is 446 g/mol. The molecule has 0 amide bonds. The number of allylic oxidation sites excluding steroid dienone is 3. The predicted molar refractivity (Wildman–Crippen MR) is 122 cm³/mol. The summed E-state index contributed by atoms with van der Waals surface area (Å²) in [6.07, 6.45) is 12.5. The van der Waals surface area contributed by atoms with E-state index in [4.69, 9.17) is 9.84 Å². The molecular formula is C25H44F2O4. The zero-order chi connectivity index (χ0) is 23.7. The van der Waals surface area contributed by atoms with Gasteiger partial charge in [-0.25, -0.2) is 8.78 Å². The molecule has 2 aliphatic rings. The van der Waals surface area contributed by atoms with Crippen LogP contribution in [0.1, 0.15) is 91.9 Å². The zero-order valence-electron chi connectivity index (χ0n) is 20.0. The van der Waals surface area contributed by atoms with Crippen molar-refractivity contribution in [2.75, 3.05) is 6.61 Å². The van der Waals surface area contributed by atoms with Gasteiger partial charge in [0.05, 0.1) is 0 Å². The molecular weight excluding hydrogens is 402 g/mol. The van der Waals surface area contributed by atoms with Crippen molar-refractivity contribution >= 4 is 5.97 Å². The van der Waals surface area contributed by atoms with Gasteiger partial charge < -0.3 is 14.6 Å². The molecule has 0 bridgehead atoms. The van der Waals surface area contributed by atoms with Crippen LogP contribution in [0.3, 0.4) is 0 Å². The highest BCUT2D eigenvalue weighted by Crippen LogP contribution is 2.37. The van der Waals surface area contributed by atoms with Crippen LogP contribution >= 0.6 is 0 Å². The molecule has 2 rings (SSSR count). The average molecular weight is 447 g/mol. The third-order valence-electron chi connectivity index (χ3n) is 5.47. The van der Waals surface area contributed by atoms with Gasteiger partial charge in [-0.3, -0.25) is 4.79 Å². The second kappa shape index (κ2) is 17.3. The first kappa shape index (κ1) is 29.7. The molecule has 4 nitrogen and oxygen atoms in total. The van der Waals surface area contributed by atoms with Gasteiger partial charge in [0.2, 0.25) is 0 Å². The minimum absolute atomic E-state index is 0.00444. The smallest absolute Gasteiger partial charge is 0.306 e. The van der Waals surface area contributed by atoms with Crippen LogP contribution < -0.4 is 0 Å². The number of fused-ring (bicyclic) bond motifs is 1. The van der Waals surface area contributed by atoms with Gasteiger partial charge in [0.15, 0.2) is 6.29 Å². The van der Waals surface area contributed by atoms with Gasteiger partial charge in [0, 0.05) is 31.8 Å². The standard InChI is InChI=1S/C13H20O2.C8H14F2.C4H10O2/c1-10-8-9-12-11(10)6-4-2-3-5-7-13(14)15-12;1-3-5-7-8(9,10)6-4-2;1-3-6-4(2)5/h2,4,10-12H,3,5-9H2,1H3;4H,2-3,5-7H2,1H3;4-5H,3H2,1-2H3/b4-2-;;. The van der Waals surface area contributed by atoms with Crippen molar-refractivity contribution in [2.45, 2.75) is 110 Å². The summed E-state index contributed by atoms with van der Waals surface area (Å²) in [6, 6.07) is 0. The van der Waals surface area contributed by atoms with E-state index in [1.807, 2.05) is 13.8 Å². The Bertz CT molecular complexity index is 506. The van der Waals surface area contributed by atoms with Gasteiger partial charge in [-0.05, 0) is 58.3 Å². The highest BCUT2D eigenvalue weighted by molar-refractivity contribution is 5.69. The summed E-state index contributed by atoms with van der Waals surface area (Å²) in [5.74, 6) is -1.25. The van der Waals surface area contributed by atoms with Crippen molar-refractivity contribution in [3.8, 4) is 0 Å². The molecule has 0 aromatic rings. The van der Waals surface area contributed by atoms with E-state index in [0.29, 0.717) is 31.3 Å². The molecule has 0 aromatic heterocycles. The fourth-order valence-electron chi connectivity index (χ4n) is 3.71. The molecule has 0 spiro atoms. The topological polar surface area (TPSA) is 55.8 Å². The van der Waals surface area contributed by atoms with Gasteiger partial charge in [0.1, 0.15) is 6.10 Å². The Morgan fingerprint density at radius 2 is 2.06 bits per heavy atom. The van der Waals surface area contributed by atoms with Crippen LogP contribution in [0.5, 0.6) is 0 Å². The van der Waals surface area contributed by atoms with Crippen LogP contribution in [0.15, 0.2) is 24.8 Å². The van der Waals surface area contributed by atoms with Crippen molar-refractivity contribution in [2.24, 2.45) is 11.8 Å². The minimum atomic E-state index is -2.52. The van der Waals surface area contributed by atoms with Crippen LogP contribution in [0.2, 0.25) is 0 Å². The Hall–Kier alpha value is -1.27. The number of hydrogen-bond donors (Lipinski definition) is 1. The Labute approximate surface area is 188 Å². The first-order valence-electron chi connectivity index (χ1n) is 11.8. The molecule has 1 aliphatic carbocycles. The Morgan fingerprint density at radius 3 is 2.61 bits per heavy atom. The molecule has 31 heavy (non-hydrogen) atoms. The van der Waals surface area contributed by atoms with Crippen LogP contribution in [0.25, 0.3) is 0 Å². The van der Waals surface area contributed by atoms with Crippen molar-refractivity contribution < 1.29 is 28.2 Å². The van der Waals surface area contributed by atoms with Gasteiger partial charge in [-0.1, -0.05) is 38.5 Å². The van der Waals surface area contributed by atoms with Crippen LogP contribution in [0.4, 0.5) is 8.78 Å². The second-order valence-corrected chi connectivity index (χ2v) is 8.35. The number of carbonyl (C=O) groups excluding carboxylic acids is 1. The van der Waals surface area contributed by atoms with Crippen LogP contribution in [-0.4, -0.2) is 36.0 Å². The van der Waals surface area contributed by atoms with Crippen LogP contribution in [-0.2, 0) is 14.3 Å². The highest BCUT2D eigenvalue weighted by Gasteiger charge is 2.35. The van der Waals surface area contributed by atoms with Gasteiger partial charge in [0.25, 0.3) is 5.92 Å². The number of aliphatic hydroxyl groups is 1. The second-order valence-electron chi connectivity index (χ2n) is 8.35.